The highest BCUT2D eigenvalue weighted by molar-refractivity contribution is 9.10. The summed E-state index contributed by atoms with van der Waals surface area (Å²) in [6.07, 6.45) is 1.09. The molecule has 0 unspecified atom stereocenters. The first-order valence-electron chi connectivity index (χ1n) is 5.62. The second kappa shape index (κ2) is 6.72. The first-order valence-corrected chi connectivity index (χ1v) is 7.17. The lowest BCUT2D eigenvalue weighted by atomic mass is 10.2. The van der Waals surface area contributed by atoms with E-state index in [2.05, 4.69) is 26.2 Å². The van der Waals surface area contributed by atoms with Crippen molar-refractivity contribution in [3.05, 3.63) is 50.3 Å². The lowest BCUT2D eigenvalue weighted by Crippen LogP contribution is -2.08. The van der Waals surface area contributed by atoms with Gasteiger partial charge in [0.2, 0.25) is 5.88 Å². The van der Waals surface area contributed by atoms with Gasteiger partial charge in [-0.15, -0.1) is 0 Å². The molecule has 20 heavy (non-hydrogen) atoms. The van der Waals surface area contributed by atoms with Crippen molar-refractivity contribution in [2.45, 2.75) is 6.54 Å². The predicted octanol–water partition coefficient (Wildman–Crippen LogP) is 4.80. The zero-order chi connectivity index (χ0) is 14.7. The molecular weight excluding hydrogens is 370 g/mol. The van der Waals surface area contributed by atoms with E-state index in [0.717, 1.165) is 6.20 Å². The first kappa shape index (κ1) is 15.5. The molecule has 0 saturated heterocycles. The Morgan fingerprint density at radius 3 is 2.75 bits per heavy atom. The average Bonchev–Trinajstić information content (AvgIpc) is 2.39. The highest BCUT2D eigenvalue weighted by Crippen LogP contribution is 2.36. The van der Waals surface area contributed by atoms with E-state index in [1.54, 1.807) is 19.2 Å². The fourth-order valence-corrected chi connectivity index (χ4v) is 2.40. The van der Waals surface area contributed by atoms with Crippen LogP contribution in [0.5, 0.6) is 11.6 Å². The average molecular weight is 380 g/mol. The van der Waals surface area contributed by atoms with E-state index >= 15 is 0 Å². The molecule has 0 aliphatic heterocycles. The number of nitrogens with zero attached hydrogens (tertiary/aromatic N) is 1. The van der Waals surface area contributed by atoms with E-state index in [9.17, 15) is 4.39 Å². The van der Waals surface area contributed by atoms with Gasteiger partial charge in [-0.25, -0.2) is 9.37 Å². The Morgan fingerprint density at radius 2 is 2.05 bits per heavy atom. The smallest absolute Gasteiger partial charge is 0.223 e. The molecule has 1 heterocycles. The largest absolute Gasteiger partial charge is 0.437 e. The molecule has 0 aliphatic carbocycles. The van der Waals surface area contributed by atoms with E-state index < -0.39 is 5.82 Å². The Balaban J connectivity index is 2.37. The SMILES string of the molecule is CNCc1cc(F)cnc1Oc1cc(Cl)c(Br)cc1Cl. The normalized spacial score (nSPS) is 10.7. The summed E-state index contributed by atoms with van der Waals surface area (Å²) in [5.74, 6) is 0.208. The van der Waals surface area contributed by atoms with Crippen LogP contribution in [0.4, 0.5) is 4.39 Å². The van der Waals surface area contributed by atoms with Gasteiger partial charge in [0.1, 0.15) is 11.6 Å². The molecule has 0 spiro atoms. The Bertz CT molecular complexity index is 640. The molecule has 0 atom stereocenters. The quantitative estimate of drug-likeness (QED) is 0.774. The van der Waals surface area contributed by atoms with Gasteiger partial charge in [-0.2, -0.15) is 0 Å². The van der Waals surface area contributed by atoms with Crippen LogP contribution in [0.3, 0.4) is 0 Å². The van der Waals surface area contributed by atoms with Crippen LogP contribution in [0.2, 0.25) is 10.0 Å². The van der Waals surface area contributed by atoms with E-state index in [-0.39, 0.29) is 5.88 Å². The van der Waals surface area contributed by atoms with Crippen molar-refractivity contribution in [1.82, 2.24) is 10.3 Å². The van der Waals surface area contributed by atoms with Crippen molar-refractivity contribution in [1.29, 1.82) is 0 Å². The number of nitrogens with one attached hydrogen (secondary N) is 1. The summed E-state index contributed by atoms with van der Waals surface area (Å²) in [6, 6.07) is 4.55. The molecule has 0 fully saturated rings. The zero-order valence-corrected chi connectivity index (χ0v) is 13.5. The molecular formula is C13H10BrCl2FN2O. The summed E-state index contributed by atoms with van der Waals surface area (Å²) in [7, 11) is 1.75. The maximum atomic E-state index is 13.2. The van der Waals surface area contributed by atoms with Crippen molar-refractivity contribution in [3.63, 3.8) is 0 Å². The number of halogens is 4. The second-order valence-electron chi connectivity index (χ2n) is 3.95. The Hall–Kier alpha value is -0.880. The van der Waals surface area contributed by atoms with E-state index in [0.29, 0.717) is 32.4 Å². The molecule has 7 heteroatoms. The number of benzene rings is 1. The third kappa shape index (κ3) is 3.61. The van der Waals surface area contributed by atoms with Gasteiger partial charge in [0.25, 0.3) is 0 Å². The van der Waals surface area contributed by atoms with Crippen LogP contribution in [0.25, 0.3) is 0 Å². The van der Waals surface area contributed by atoms with Crippen LogP contribution >= 0.6 is 39.1 Å². The van der Waals surface area contributed by atoms with Crippen molar-refractivity contribution in [2.75, 3.05) is 7.05 Å². The van der Waals surface area contributed by atoms with Gasteiger partial charge >= 0.3 is 0 Å². The molecule has 106 valence electrons. The van der Waals surface area contributed by atoms with Gasteiger partial charge in [-0.3, -0.25) is 0 Å². The van der Waals surface area contributed by atoms with Crippen LogP contribution in [-0.4, -0.2) is 12.0 Å². The number of ether oxygens (including phenoxy) is 1. The summed E-state index contributed by atoms with van der Waals surface area (Å²) in [4.78, 5) is 3.93. The van der Waals surface area contributed by atoms with Crippen molar-refractivity contribution < 1.29 is 9.13 Å². The molecule has 1 aromatic heterocycles. The zero-order valence-electron chi connectivity index (χ0n) is 10.4. The maximum Gasteiger partial charge on any atom is 0.223 e. The fourth-order valence-electron chi connectivity index (χ4n) is 1.56. The van der Waals surface area contributed by atoms with E-state index in [1.807, 2.05) is 0 Å². The van der Waals surface area contributed by atoms with Gasteiger partial charge in [0.05, 0.1) is 16.2 Å². The van der Waals surface area contributed by atoms with Crippen molar-refractivity contribution >= 4 is 39.1 Å². The number of pyridine rings is 1. The monoisotopic (exact) mass is 378 g/mol. The summed E-state index contributed by atoms with van der Waals surface area (Å²) in [5.41, 5.74) is 0.586. The standard InChI is InChI=1S/C13H10BrCl2FN2O/c1-18-5-7-2-8(17)6-19-13(7)20-12-4-10(15)9(14)3-11(12)16/h2-4,6,18H,5H2,1H3. The number of hydrogen-bond donors (Lipinski definition) is 1. The van der Waals surface area contributed by atoms with Gasteiger partial charge < -0.3 is 10.1 Å². The second-order valence-corrected chi connectivity index (χ2v) is 5.62. The van der Waals surface area contributed by atoms with Gasteiger partial charge in [0, 0.05) is 22.6 Å². The van der Waals surface area contributed by atoms with Crippen LogP contribution in [0.1, 0.15) is 5.56 Å². The minimum atomic E-state index is -0.428. The van der Waals surface area contributed by atoms with Gasteiger partial charge in [-0.1, -0.05) is 23.2 Å². The van der Waals surface area contributed by atoms with E-state index in [4.69, 9.17) is 27.9 Å². The third-order valence-corrected chi connectivity index (χ3v) is 3.93. The molecule has 0 amide bonds. The maximum absolute atomic E-state index is 13.2. The summed E-state index contributed by atoms with van der Waals surface area (Å²) >= 11 is 15.3. The topological polar surface area (TPSA) is 34.2 Å². The molecule has 2 rings (SSSR count). The Kier molecular flexibility index (Phi) is 5.21. The Morgan fingerprint density at radius 1 is 1.30 bits per heavy atom. The predicted molar refractivity (Wildman–Crippen MR) is 81.2 cm³/mol. The number of aromatic nitrogens is 1. The number of rotatable bonds is 4. The molecule has 0 aliphatic rings. The lowest BCUT2D eigenvalue weighted by molar-refractivity contribution is 0.450. The lowest BCUT2D eigenvalue weighted by Gasteiger charge is -2.11. The molecule has 3 nitrogen and oxygen atoms in total. The van der Waals surface area contributed by atoms with E-state index in [1.165, 1.54) is 6.07 Å². The number of hydrogen-bond acceptors (Lipinski definition) is 3. The minimum absolute atomic E-state index is 0.279. The molecule has 2 aromatic rings. The van der Waals surface area contributed by atoms with Crippen LogP contribution in [0.15, 0.2) is 28.9 Å². The van der Waals surface area contributed by atoms with Gasteiger partial charge in [-0.05, 0) is 35.1 Å². The molecule has 1 N–H and O–H groups in total. The summed E-state index contributed by atoms with van der Waals surface area (Å²) in [6.45, 7) is 0.419. The summed E-state index contributed by atoms with van der Waals surface area (Å²) < 4.78 is 19.5. The molecule has 1 aromatic carbocycles. The minimum Gasteiger partial charge on any atom is -0.437 e. The molecule has 0 bridgehead atoms. The van der Waals surface area contributed by atoms with Crippen LogP contribution < -0.4 is 10.1 Å². The highest BCUT2D eigenvalue weighted by Gasteiger charge is 2.12. The first-order chi connectivity index (χ1) is 9.51. The molecule has 0 radical (unpaired) electrons. The van der Waals surface area contributed by atoms with Crippen LogP contribution in [-0.2, 0) is 6.54 Å². The summed E-state index contributed by atoms with van der Waals surface area (Å²) in [5, 5.41) is 3.76. The van der Waals surface area contributed by atoms with Crippen LogP contribution in [0, 0.1) is 5.82 Å². The van der Waals surface area contributed by atoms with Gasteiger partial charge in [0.15, 0.2) is 0 Å². The van der Waals surface area contributed by atoms with Crippen molar-refractivity contribution in [3.8, 4) is 11.6 Å². The van der Waals surface area contributed by atoms with Crippen molar-refractivity contribution in [2.24, 2.45) is 0 Å². The highest BCUT2D eigenvalue weighted by atomic mass is 79.9. The molecule has 0 saturated carbocycles. The fraction of sp³-hybridized carbons (Fsp3) is 0.154. The Labute approximate surface area is 134 Å². The third-order valence-electron chi connectivity index (χ3n) is 2.44.